The average molecular weight is 357 g/mol. The fourth-order valence-corrected chi connectivity index (χ4v) is 3.31. The van der Waals surface area contributed by atoms with Gasteiger partial charge in [0, 0.05) is 35.3 Å². The van der Waals surface area contributed by atoms with Crippen LogP contribution in [0.2, 0.25) is 5.02 Å². The van der Waals surface area contributed by atoms with Crippen molar-refractivity contribution >= 4 is 29.1 Å². The maximum atomic E-state index is 12.6. The number of likely N-dealkylation sites (tertiary alicyclic amines) is 1. The second-order valence-electron chi connectivity index (χ2n) is 6.44. The summed E-state index contributed by atoms with van der Waals surface area (Å²) in [5.74, 6) is -0.0529. The summed E-state index contributed by atoms with van der Waals surface area (Å²) in [7, 11) is 0. The van der Waals surface area contributed by atoms with Gasteiger partial charge in [0.1, 0.15) is 0 Å². The maximum absolute atomic E-state index is 12.6. The van der Waals surface area contributed by atoms with Crippen molar-refractivity contribution in [2.24, 2.45) is 5.92 Å². The monoisotopic (exact) mass is 356 g/mol. The van der Waals surface area contributed by atoms with Crippen molar-refractivity contribution in [1.29, 1.82) is 0 Å². The lowest BCUT2D eigenvalue weighted by Crippen LogP contribution is -2.41. The molecule has 0 aromatic heterocycles. The number of halogens is 1. The van der Waals surface area contributed by atoms with Crippen LogP contribution in [0.4, 0.5) is 5.69 Å². The Morgan fingerprint density at radius 1 is 1.08 bits per heavy atom. The van der Waals surface area contributed by atoms with Gasteiger partial charge in [0.2, 0.25) is 5.91 Å². The normalized spacial score (nSPS) is 15.0. The number of rotatable bonds is 3. The molecule has 0 bridgehead atoms. The van der Waals surface area contributed by atoms with Crippen molar-refractivity contribution in [2.75, 3.05) is 18.4 Å². The van der Waals surface area contributed by atoms with Crippen LogP contribution in [-0.2, 0) is 4.79 Å². The molecule has 1 N–H and O–H groups in total. The van der Waals surface area contributed by atoms with Gasteiger partial charge >= 0.3 is 0 Å². The van der Waals surface area contributed by atoms with E-state index < -0.39 is 0 Å². The second kappa shape index (κ2) is 7.70. The van der Waals surface area contributed by atoms with Crippen molar-refractivity contribution in [1.82, 2.24) is 4.90 Å². The van der Waals surface area contributed by atoms with E-state index in [1.54, 1.807) is 18.2 Å². The summed E-state index contributed by atoms with van der Waals surface area (Å²) in [6, 6.07) is 14.7. The summed E-state index contributed by atoms with van der Waals surface area (Å²) < 4.78 is 0. The third-order valence-electron chi connectivity index (χ3n) is 4.51. The van der Waals surface area contributed by atoms with Gasteiger partial charge in [-0.05, 0) is 50.1 Å². The molecule has 1 fully saturated rings. The third-order valence-corrected chi connectivity index (χ3v) is 4.75. The molecule has 1 saturated heterocycles. The number of piperidine rings is 1. The smallest absolute Gasteiger partial charge is 0.253 e. The Morgan fingerprint density at radius 3 is 2.48 bits per heavy atom. The standard InChI is InChI=1S/C20H21ClN2O2/c1-14-4-2-5-16(12-14)20(25)23-10-8-15(9-11-23)19(24)22-18-7-3-6-17(21)13-18/h2-7,12-13,15H,8-11H2,1H3,(H,22,24). The van der Waals surface area contributed by atoms with Gasteiger partial charge in [-0.3, -0.25) is 9.59 Å². The summed E-state index contributed by atoms with van der Waals surface area (Å²) in [4.78, 5) is 26.8. The zero-order chi connectivity index (χ0) is 17.8. The Hall–Kier alpha value is -2.33. The highest BCUT2D eigenvalue weighted by atomic mass is 35.5. The number of hydrogen-bond donors (Lipinski definition) is 1. The second-order valence-corrected chi connectivity index (χ2v) is 6.87. The van der Waals surface area contributed by atoms with Crippen molar-refractivity contribution < 1.29 is 9.59 Å². The first kappa shape index (κ1) is 17.5. The van der Waals surface area contributed by atoms with Gasteiger partial charge in [-0.1, -0.05) is 35.4 Å². The highest BCUT2D eigenvalue weighted by Gasteiger charge is 2.27. The Bertz CT molecular complexity index is 783. The number of carbonyl (C=O) groups excluding carboxylic acids is 2. The molecule has 25 heavy (non-hydrogen) atoms. The Labute approximate surface area is 152 Å². The first-order valence-electron chi connectivity index (χ1n) is 8.45. The van der Waals surface area contributed by atoms with Crippen LogP contribution in [0.1, 0.15) is 28.8 Å². The molecule has 0 unspecified atom stereocenters. The van der Waals surface area contributed by atoms with E-state index in [1.807, 2.05) is 42.2 Å². The molecule has 3 rings (SSSR count). The predicted octanol–water partition coefficient (Wildman–Crippen LogP) is 4.14. The molecule has 1 aliphatic rings. The minimum atomic E-state index is -0.0828. The molecule has 2 aromatic rings. The molecule has 1 aliphatic heterocycles. The fraction of sp³-hybridized carbons (Fsp3) is 0.300. The van der Waals surface area contributed by atoms with Gasteiger partial charge in [-0.2, -0.15) is 0 Å². The van der Waals surface area contributed by atoms with Gasteiger partial charge in [0.05, 0.1) is 0 Å². The van der Waals surface area contributed by atoms with E-state index in [0.717, 1.165) is 5.56 Å². The summed E-state index contributed by atoms with van der Waals surface area (Å²) in [6.07, 6.45) is 1.34. The SMILES string of the molecule is Cc1cccc(C(=O)N2CCC(C(=O)Nc3cccc(Cl)c3)CC2)c1. The summed E-state index contributed by atoms with van der Waals surface area (Å²) >= 11 is 5.94. The van der Waals surface area contributed by atoms with Gasteiger partial charge in [-0.15, -0.1) is 0 Å². The van der Waals surface area contributed by atoms with E-state index in [4.69, 9.17) is 11.6 Å². The van der Waals surface area contributed by atoms with Gasteiger partial charge < -0.3 is 10.2 Å². The molecule has 0 saturated carbocycles. The van der Waals surface area contributed by atoms with E-state index in [-0.39, 0.29) is 17.7 Å². The van der Waals surface area contributed by atoms with Gasteiger partial charge in [0.15, 0.2) is 0 Å². The number of aryl methyl sites for hydroxylation is 1. The molecule has 0 aliphatic carbocycles. The van der Waals surface area contributed by atoms with E-state index in [0.29, 0.717) is 42.2 Å². The zero-order valence-corrected chi connectivity index (χ0v) is 14.9. The quantitative estimate of drug-likeness (QED) is 0.898. The molecular weight excluding hydrogens is 336 g/mol. The van der Waals surface area contributed by atoms with Crippen molar-refractivity contribution in [2.45, 2.75) is 19.8 Å². The number of nitrogens with one attached hydrogen (secondary N) is 1. The number of anilines is 1. The molecule has 4 nitrogen and oxygen atoms in total. The highest BCUT2D eigenvalue weighted by molar-refractivity contribution is 6.30. The van der Waals surface area contributed by atoms with Crippen LogP contribution >= 0.6 is 11.6 Å². The van der Waals surface area contributed by atoms with Crippen molar-refractivity contribution in [3.8, 4) is 0 Å². The number of amides is 2. The van der Waals surface area contributed by atoms with Crippen LogP contribution in [-0.4, -0.2) is 29.8 Å². The van der Waals surface area contributed by atoms with Crippen LogP contribution in [0.25, 0.3) is 0 Å². The lowest BCUT2D eigenvalue weighted by Gasteiger charge is -2.31. The summed E-state index contributed by atoms with van der Waals surface area (Å²) in [5, 5.41) is 3.50. The molecule has 0 spiro atoms. The van der Waals surface area contributed by atoms with Gasteiger partial charge in [0.25, 0.3) is 5.91 Å². The van der Waals surface area contributed by atoms with Crippen molar-refractivity contribution in [3.05, 3.63) is 64.7 Å². The van der Waals surface area contributed by atoms with E-state index in [2.05, 4.69) is 5.32 Å². The summed E-state index contributed by atoms with van der Waals surface area (Å²) in [5.41, 5.74) is 2.49. The summed E-state index contributed by atoms with van der Waals surface area (Å²) in [6.45, 7) is 3.17. The molecule has 2 aromatic carbocycles. The molecule has 130 valence electrons. The minimum Gasteiger partial charge on any atom is -0.339 e. The average Bonchev–Trinajstić information content (AvgIpc) is 2.61. The van der Waals surface area contributed by atoms with Gasteiger partial charge in [-0.25, -0.2) is 0 Å². The zero-order valence-electron chi connectivity index (χ0n) is 14.2. The van der Waals surface area contributed by atoms with Crippen molar-refractivity contribution in [3.63, 3.8) is 0 Å². The lowest BCUT2D eigenvalue weighted by atomic mass is 9.95. The predicted molar refractivity (Wildman–Crippen MR) is 99.9 cm³/mol. The number of hydrogen-bond acceptors (Lipinski definition) is 2. The van der Waals surface area contributed by atoms with E-state index in [1.165, 1.54) is 0 Å². The largest absolute Gasteiger partial charge is 0.339 e. The number of benzene rings is 2. The first-order valence-corrected chi connectivity index (χ1v) is 8.83. The molecule has 5 heteroatoms. The highest BCUT2D eigenvalue weighted by Crippen LogP contribution is 2.22. The van der Waals surface area contributed by atoms with E-state index >= 15 is 0 Å². The Balaban J connectivity index is 1.56. The maximum Gasteiger partial charge on any atom is 0.253 e. The number of carbonyl (C=O) groups is 2. The van der Waals surface area contributed by atoms with Crippen LogP contribution < -0.4 is 5.32 Å². The topological polar surface area (TPSA) is 49.4 Å². The van der Waals surface area contributed by atoms with E-state index in [9.17, 15) is 9.59 Å². The molecule has 0 atom stereocenters. The molecule has 1 heterocycles. The van der Waals surface area contributed by atoms with Crippen LogP contribution in [0, 0.1) is 12.8 Å². The van der Waals surface area contributed by atoms with Crippen LogP contribution in [0.15, 0.2) is 48.5 Å². The first-order chi connectivity index (χ1) is 12.0. The Morgan fingerprint density at radius 2 is 1.80 bits per heavy atom. The molecule has 0 radical (unpaired) electrons. The fourth-order valence-electron chi connectivity index (χ4n) is 3.12. The minimum absolute atomic E-state index is 0.00933. The molecule has 2 amide bonds. The Kier molecular flexibility index (Phi) is 5.39. The molecular formula is C20H21ClN2O2. The third kappa shape index (κ3) is 4.40. The van der Waals surface area contributed by atoms with Crippen LogP contribution in [0.3, 0.4) is 0 Å². The van der Waals surface area contributed by atoms with Crippen LogP contribution in [0.5, 0.6) is 0 Å². The lowest BCUT2D eigenvalue weighted by molar-refractivity contribution is -0.121. The number of nitrogens with zero attached hydrogens (tertiary/aromatic N) is 1.